The summed E-state index contributed by atoms with van der Waals surface area (Å²) in [5.41, 5.74) is 3.36. The summed E-state index contributed by atoms with van der Waals surface area (Å²) in [5.74, 6) is 1.69. The highest BCUT2D eigenvalue weighted by molar-refractivity contribution is 5.27. The maximum absolute atomic E-state index is 2.63. The molecule has 24 heavy (non-hydrogen) atoms. The fourth-order valence-corrected chi connectivity index (χ4v) is 4.44. The Hall–Kier alpha value is -0.860. The lowest BCUT2D eigenvalue weighted by atomic mass is 9.71. The standard InChI is InChI=1S/C22H36N2/c1-5-24(22(2,3)4)17-19-14-21(15-19)20-10-8-18(9-11-20)16-23-12-6-7-13-23/h8-11,19,21H,5-7,12-17H2,1-4H3/t19-,21-. The van der Waals surface area contributed by atoms with Crippen molar-refractivity contribution in [1.29, 1.82) is 0 Å². The molecule has 134 valence electrons. The van der Waals surface area contributed by atoms with Gasteiger partial charge in [0.05, 0.1) is 0 Å². The molecular formula is C22H36N2. The van der Waals surface area contributed by atoms with Gasteiger partial charge in [0.25, 0.3) is 0 Å². The maximum Gasteiger partial charge on any atom is 0.0233 e. The van der Waals surface area contributed by atoms with Gasteiger partial charge in [-0.25, -0.2) is 0 Å². The molecule has 1 saturated heterocycles. The fourth-order valence-electron chi connectivity index (χ4n) is 4.44. The summed E-state index contributed by atoms with van der Waals surface area (Å²) >= 11 is 0. The molecule has 2 nitrogen and oxygen atoms in total. The summed E-state index contributed by atoms with van der Waals surface area (Å²) in [7, 11) is 0. The Balaban J connectivity index is 1.47. The van der Waals surface area contributed by atoms with Crippen molar-refractivity contribution in [2.75, 3.05) is 26.2 Å². The zero-order chi connectivity index (χ0) is 17.2. The predicted molar refractivity (Wildman–Crippen MR) is 103 cm³/mol. The van der Waals surface area contributed by atoms with Crippen LogP contribution in [-0.4, -0.2) is 41.5 Å². The van der Waals surface area contributed by atoms with Gasteiger partial charge in [0, 0.05) is 18.6 Å². The van der Waals surface area contributed by atoms with Crippen LogP contribution in [0.3, 0.4) is 0 Å². The topological polar surface area (TPSA) is 6.48 Å². The normalized spacial score (nSPS) is 25.2. The van der Waals surface area contributed by atoms with Gasteiger partial charge in [0.15, 0.2) is 0 Å². The van der Waals surface area contributed by atoms with Gasteiger partial charge in [-0.05, 0) is 89.1 Å². The van der Waals surface area contributed by atoms with E-state index in [2.05, 4.69) is 61.8 Å². The first-order chi connectivity index (χ1) is 11.5. The quantitative estimate of drug-likeness (QED) is 0.733. The third-order valence-electron chi connectivity index (χ3n) is 6.10. The third-order valence-corrected chi connectivity index (χ3v) is 6.10. The molecule has 0 aromatic heterocycles. The first-order valence-corrected chi connectivity index (χ1v) is 10.0. The number of nitrogens with zero attached hydrogens (tertiary/aromatic N) is 2. The lowest BCUT2D eigenvalue weighted by molar-refractivity contribution is 0.0871. The second-order valence-corrected chi connectivity index (χ2v) is 8.97. The minimum absolute atomic E-state index is 0.303. The summed E-state index contributed by atoms with van der Waals surface area (Å²) in [6.07, 6.45) is 5.51. The van der Waals surface area contributed by atoms with Crippen LogP contribution in [0, 0.1) is 5.92 Å². The highest BCUT2D eigenvalue weighted by Crippen LogP contribution is 2.42. The van der Waals surface area contributed by atoms with E-state index in [1.54, 1.807) is 5.56 Å². The van der Waals surface area contributed by atoms with Crippen LogP contribution in [0.25, 0.3) is 0 Å². The molecular weight excluding hydrogens is 292 g/mol. The number of benzene rings is 1. The lowest BCUT2D eigenvalue weighted by Crippen LogP contribution is -2.46. The Morgan fingerprint density at radius 1 is 1.04 bits per heavy atom. The first kappa shape index (κ1) is 17.9. The Labute approximate surface area is 149 Å². The summed E-state index contributed by atoms with van der Waals surface area (Å²) in [6.45, 7) is 15.5. The van der Waals surface area contributed by atoms with Crippen LogP contribution < -0.4 is 0 Å². The highest BCUT2D eigenvalue weighted by atomic mass is 15.2. The van der Waals surface area contributed by atoms with E-state index in [0.29, 0.717) is 5.54 Å². The minimum Gasteiger partial charge on any atom is -0.299 e. The van der Waals surface area contributed by atoms with Crippen molar-refractivity contribution in [2.45, 2.75) is 71.4 Å². The molecule has 2 aliphatic rings. The van der Waals surface area contributed by atoms with Crippen molar-refractivity contribution < 1.29 is 0 Å². The summed E-state index contributed by atoms with van der Waals surface area (Å²) < 4.78 is 0. The highest BCUT2D eigenvalue weighted by Gasteiger charge is 2.33. The second-order valence-electron chi connectivity index (χ2n) is 8.97. The molecule has 0 spiro atoms. The molecule has 2 heteroatoms. The smallest absolute Gasteiger partial charge is 0.0233 e. The molecule has 1 aromatic carbocycles. The molecule has 0 amide bonds. The lowest BCUT2D eigenvalue weighted by Gasteiger charge is -2.43. The van der Waals surface area contributed by atoms with Gasteiger partial charge >= 0.3 is 0 Å². The van der Waals surface area contributed by atoms with E-state index in [4.69, 9.17) is 0 Å². The molecule has 1 saturated carbocycles. The van der Waals surface area contributed by atoms with E-state index in [9.17, 15) is 0 Å². The van der Waals surface area contributed by atoms with Gasteiger partial charge < -0.3 is 0 Å². The van der Waals surface area contributed by atoms with Crippen molar-refractivity contribution in [1.82, 2.24) is 9.80 Å². The Kier molecular flexibility index (Phi) is 5.66. The van der Waals surface area contributed by atoms with E-state index in [1.807, 2.05) is 0 Å². The van der Waals surface area contributed by atoms with E-state index < -0.39 is 0 Å². The molecule has 1 aliphatic carbocycles. The van der Waals surface area contributed by atoms with Crippen LogP contribution in [0.5, 0.6) is 0 Å². The van der Waals surface area contributed by atoms with Crippen LogP contribution in [0.4, 0.5) is 0 Å². The summed E-state index contributed by atoms with van der Waals surface area (Å²) in [4.78, 5) is 5.22. The summed E-state index contributed by atoms with van der Waals surface area (Å²) in [6, 6.07) is 9.53. The van der Waals surface area contributed by atoms with E-state index >= 15 is 0 Å². The van der Waals surface area contributed by atoms with Gasteiger partial charge in [-0.15, -0.1) is 0 Å². The molecule has 1 aliphatic heterocycles. The fraction of sp³-hybridized carbons (Fsp3) is 0.727. The molecule has 3 rings (SSSR count). The first-order valence-electron chi connectivity index (χ1n) is 10.0. The van der Waals surface area contributed by atoms with E-state index in [-0.39, 0.29) is 0 Å². The molecule has 0 bridgehead atoms. The van der Waals surface area contributed by atoms with E-state index in [0.717, 1.165) is 24.9 Å². The number of hydrogen-bond acceptors (Lipinski definition) is 2. The average Bonchev–Trinajstić information content (AvgIpc) is 2.99. The second kappa shape index (κ2) is 7.58. The minimum atomic E-state index is 0.303. The van der Waals surface area contributed by atoms with Gasteiger partial charge in [-0.1, -0.05) is 31.2 Å². The third kappa shape index (κ3) is 4.40. The molecule has 2 fully saturated rings. The zero-order valence-electron chi connectivity index (χ0n) is 16.2. The molecule has 0 atom stereocenters. The van der Waals surface area contributed by atoms with E-state index in [1.165, 1.54) is 50.9 Å². The van der Waals surface area contributed by atoms with Crippen LogP contribution in [0.1, 0.15) is 70.4 Å². The average molecular weight is 329 g/mol. The number of likely N-dealkylation sites (tertiary alicyclic amines) is 1. The zero-order valence-corrected chi connectivity index (χ0v) is 16.2. The van der Waals surface area contributed by atoms with Crippen LogP contribution in [-0.2, 0) is 6.54 Å². The molecule has 0 radical (unpaired) electrons. The van der Waals surface area contributed by atoms with Crippen LogP contribution in [0.15, 0.2) is 24.3 Å². The van der Waals surface area contributed by atoms with Crippen LogP contribution in [0.2, 0.25) is 0 Å². The number of rotatable bonds is 6. The Bertz CT molecular complexity index is 502. The Morgan fingerprint density at radius 2 is 1.67 bits per heavy atom. The van der Waals surface area contributed by atoms with Crippen molar-refractivity contribution in [3.8, 4) is 0 Å². The van der Waals surface area contributed by atoms with Gasteiger partial charge in [0.2, 0.25) is 0 Å². The van der Waals surface area contributed by atoms with Crippen LogP contribution >= 0.6 is 0 Å². The van der Waals surface area contributed by atoms with Crippen molar-refractivity contribution in [3.05, 3.63) is 35.4 Å². The number of hydrogen-bond donors (Lipinski definition) is 0. The largest absolute Gasteiger partial charge is 0.299 e. The van der Waals surface area contributed by atoms with Crippen molar-refractivity contribution in [3.63, 3.8) is 0 Å². The predicted octanol–water partition coefficient (Wildman–Crippen LogP) is 4.90. The van der Waals surface area contributed by atoms with Gasteiger partial charge in [-0.3, -0.25) is 9.80 Å². The SMILES string of the molecule is CCN(C[C@H]1C[C@H](c2ccc(CN3CCCC3)cc2)C1)C(C)(C)C. The molecule has 0 N–H and O–H groups in total. The molecule has 1 heterocycles. The summed E-state index contributed by atoms with van der Waals surface area (Å²) in [5, 5.41) is 0. The monoisotopic (exact) mass is 328 g/mol. The van der Waals surface area contributed by atoms with Crippen molar-refractivity contribution >= 4 is 0 Å². The van der Waals surface area contributed by atoms with Gasteiger partial charge in [0.1, 0.15) is 0 Å². The molecule has 1 aromatic rings. The molecule has 0 unspecified atom stereocenters. The Morgan fingerprint density at radius 3 is 2.21 bits per heavy atom. The van der Waals surface area contributed by atoms with Crippen molar-refractivity contribution in [2.24, 2.45) is 5.92 Å². The maximum atomic E-state index is 2.63. The van der Waals surface area contributed by atoms with Gasteiger partial charge in [-0.2, -0.15) is 0 Å².